The SMILES string of the molecule is C#CCOC1=CC2C=CC(C3(C4=CC5C=CC(OCC#C)=CC5C=C4)C(=O)N(CCCCN4C(=O)C(C5=CC6C=CC(OCC#C)=CC6C=C5)(c5ccc6cc(OCC#C)ccc6c5)c5ccccc54)c4ccccc43)=CC2C=C1. The highest BCUT2D eigenvalue weighted by Gasteiger charge is 2.57. The third-order valence-electron chi connectivity index (χ3n) is 16.6. The Hall–Kier alpha value is -9.60. The van der Waals surface area contributed by atoms with E-state index in [2.05, 4.69) is 157 Å². The lowest BCUT2D eigenvalue weighted by atomic mass is 9.63. The number of carbonyl (C=O) groups is 2. The van der Waals surface area contributed by atoms with Gasteiger partial charge in [0.1, 0.15) is 60.3 Å². The molecule has 0 fully saturated rings. The lowest BCUT2D eigenvalue weighted by Crippen LogP contribution is -2.45. The molecule has 8 aliphatic rings. The van der Waals surface area contributed by atoms with Gasteiger partial charge < -0.3 is 28.7 Å². The highest BCUT2D eigenvalue weighted by atomic mass is 16.5. The van der Waals surface area contributed by atoms with Crippen molar-refractivity contribution in [1.29, 1.82) is 0 Å². The number of benzene rings is 4. The predicted octanol–water partition coefficient (Wildman–Crippen LogP) is 12.0. The van der Waals surface area contributed by atoms with Gasteiger partial charge in [-0.25, -0.2) is 0 Å². The zero-order valence-corrected chi connectivity index (χ0v) is 44.2. The van der Waals surface area contributed by atoms with E-state index in [0.717, 1.165) is 72.8 Å². The molecule has 7 atom stereocenters. The molecule has 0 spiro atoms. The molecule has 0 saturated heterocycles. The van der Waals surface area contributed by atoms with E-state index in [1.807, 2.05) is 70.5 Å². The second-order valence-corrected chi connectivity index (χ2v) is 21.0. The number of allylic oxidation sites excluding steroid dienone is 18. The number of amides is 2. The van der Waals surface area contributed by atoms with Crippen LogP contribution in [0.4, 0.5) is 11.4 Å². The summed E-state index contributed by atoms with van der Waals surface area (Å²) in [6.07, 6.45) is 61.7. The lowest BCUT2D eigenvalue weighted by molar-refractivity contribution is -0.121. The number of carbonyl (C=O) groups excluding carboxylic acids is 2. The molecule has 8 nitrogen and oxygen atoms in total. The van der Waals surface area contributed by atoms with E-state index in [9.17, 15) is 0 Å². The van der Waals surface area contributed by atoms with Crippen LogP contribution in [0.2, 0.25) is 0 Å². The first-order valence-corrected chi connectivity index (χ1v) is 27.3. The summed E-state index contributed by atoms with van der Waals surface area (Å²) in [5.41, 5.74) is 4.88. The quantitative estimate of drug-likeness (QED) is 0.0775. The highest BCUT2D eigenvalue weighted by Crippen LogP contribution is 2.56. The summed E-state index contributed by atoms with van der Waals surface area (Å²) >= 11 is 0. The van der Waals surface area contributed by atoms with Gasteiger partial charge in [0.05, 0.1) is 0 Å². The number of terminal acetylenes is 4. The van der Waals surface area contributed by atoms with Crippen molar-refractivity contribution in [1.82, 2.24) is 0 Å². The number of anilines is 2. The molecule has 0 radical (unpaired) electrons. The Balaban J connectivity index is 0.861. The molecular weight excluding hydrogens is 989 g/mol. The third-order valence-corrected chi connectivity index (χ3v) is 16.6. The standard InChI is InChI=1S/C72H58N2O6/c1-5-37-77-61-31-23-49-41-57(27-19-53(49)45-61)71(58-28-20-54-46-62(78-38-6-2)32-24-50(54)42-58)65-15-9-11-17-67(65)73(69(71)75)35-13-14-36-74-68-18-12-10-16-66(68)72(70(74)76,59-29-21-55-47-63(79-39-7-3)33-25-51(55)43-59)60-30-22-56-48-64(80-40-8-4)34-26-52(56)44-60/h1-4,9-12,15-34,41-51,53-55H,13-14,35-40H2. The van der Waals surface area contributed by atoms with E-state index in [-0.39, 0.29) is 73.7 Å². The van der Waals surface area contributed by atoms with Gasteiger partial charge in [-0.3, -0.25) is 9.59 Å². The summed E-state index contributed by atoms with van der Waals surface area (Å²) in [7, 11) is 0. The normalized spacial score (nSPS) is 26.1. The molecule has 8 heteroatoms. The molecule has 80 heavy (non-hydrogen) atoms. The maximum absolute atomic E-state index is 16.1. The summed E-state index contributed by atoms with van der Waals surface area (Å²) in [5.74, 6) is 13.1. The molecule has 0 N–H and O–H groups in total. The molecule has 12 rings (SSSR count). The summed E-state index contributed by atoms with van der Waals surface area (Å²) < 4.78 is 23.3. The van der Waals surface area contributed by atoms with Gasteiger partial charge in [-0.15, -0.1) is 25.7 Å². The molecule has 4 aromatic rings. The fraction of sp³-hybridized carbons (Fsp3) is 0.222. The minimum Gasteiger partial charge on any atom is -0.481 e. The van der Waals surface area contributed by atoms with Crippen LogP contribution in [0.1, 0.15) is 29.5 Å². The number of hydrogen-bond acceptors (Lipinski definition) is 6. The summed E-state index contributed by atoms with van der Waals surface area (Å²) in [6, 6.07) is 28.6. The third kappa shape index (κ3) is 8.85. The zero-order valence-electron chi connectivity index (χ0n) is 44.2. The molecule has 392 valence electrons. The molecule has 7 unspecified atom stereocenters. The number of para-hydroxylation sites is 2. The summed E-state index contributed by atoms with van der Waals surface area (Å²) in [6.45, 7) is 1.60. The summed E-state index contributed by atoms with van der Waals surface area (Å²) in [4.78, 5) is 36.1. The van der Waals surface area contributed by atoms with Crippen LogP contribution in [0.25, 0.3) is 10.8 Å². The average Bonchev–Trinajstić information content (AvgIpc) is 4.04. The van der Waals surface area contributed by atoms with Crippen molar-refractivity contribution in [3.63, 3.8) is 0 Å². The molecule has 2 heterocycles. The fourth-order valence-corrected chi connectivity index (χ4v) is 13.0. The maximum Gasteiger partial charge on any atom is 0.246 e. The van der Waals surface area contributed by atoms with Gasteiger partial charge in [0.25, 0.3) is 0 Å². The monoisotopic (exact) mass is 1050 g/mol. The Morgan fingerprint density at radius 3 is 1.30 bits per heavy atom. The maximum atomic E-state index is 16.1. The fourth-order valence-electron chi connectivity index (χ4n) is 13.0. The van der Waals surface area contributed by atoms with Crippen molar-refractivity contribution < 1.29 is 28.5 Å². The molecule has 0 aromatic heterocycles. The Labute approximate surface area is 468 Å². The average molecular weight is 1050 g/mol. The van der Waals surface area contributed by atoms with Gasteiger partial charge in [0, 0.05) is 71.1 Å². The predicted molar refractivity (Wildman–Crippen MR) is 316 cm³/mol. The first kappa shape index (κ1) is 51.2. The van der Waals surface area contributed by atoms with Crippen LogP contribution in [0.5, 0.6) is 5.75 Å². The van der Waals surface area contributed by atoms with Gasteiger partial charge >= 0.3 is 0 Å². The van der Waals surface area contributed by atoms with Crippen molar-refractivity contribution in [2.24, 2.45) is 35.5 Å². The summed E-state index contributed by atoms with van der Waals surface area (Å²) in [5, 5.41) is 1.94. The van der Waals surface area contributed by atoms with Crippen molar-refractivity contribution in [3.8, 4) is 55.1 Å². The molecule has 4 aromatic carbocycles. The van der Waals surface area contributed by atoms with Crippen molar-refractivity contribution in [2.75, 3.05) is 49.3 Å². The molecule has 0 saturated carbocycles. The van der Waals surface area contributed by atoms with Gasteiger partial charge in [0.2, 0.25) is 11.8 Å². The molecule has 2 aliphatic heterocycles. The molecule has 2 amide bonds. The van der Waals surface area contributed by atoms with Crippen LogP contribution in [0.15, 0.2) is 228 Å². The Bertz CT molecular complexity index is 3720. The van der Waals surface area contributed by atoms with Crippen LogP contribution < -0.4 is 14.5 Å². The van der Waals surface area contributed by atoms with E-state index < -0.39 is 10.8 Å². The first-order chi connectivity index (χ1) is 39.3. The van der Waals surface area contributed by atoms with Crippen LogP contribution >= 0.6 is 0 Å². The number of unbranched alkanes of at least 4 members (excludes halogenated alkanes) is 1. The van der Waals surface area contributed by atoms with Crippen LogP contribution in [-0.2, 0) is 34.6 Å². The molecule has 6 aliphatic carbocycles. The molecular formula is C72H58N2O6. The second kappa shape index (κ2) is 21.7. The zero-order chi connectivity index (χ0) is 54.8. The minimum absolute atomic E-state index is 0.00698. The lowest BCUT2D eigenvalue weighted by Gasteiger charge is -2.38. The highest BCUT2D eigenvalue weighted by molar-refractivity contribution is 6.15. The second-order valence-electron chi connectivity index (χ2n) is 21.0. The van der Waals surface area contributed by atoms with E-state index in [1.54, 1.807) is 0 Å². The molecule has 0 bridgehead atoms. The largest absolute Gasteiger partial charge is 0.481 e. The van der Waals surface area contributed by atoms with Gasteiger partial charge in [-0.2, -0.15) is 0 Å². The van der Waals surface area contributed by atoms with E-state index in [0.29, 0.717) is 31.7 Å². The Kier molecular flexibility index (Phi) is 13.9. The number of nitrogens with zero attached hydrogens (tertiary/aromatic N) is 2. The number of rotatable bonds is 17. The Morgan fingerprint density at radius 2 is 0.812 bits per heavy atom. The first-order valence-electron chi connectivity index (χ1n) is 27.3. The smallest absolute Gasteiger partial charge is 0.246 e. The van der Waals surface area contributed by atoms with Crippen molar-refractivity contribution in [3.05, 3.63) is 245 Å². The van der Waals surface area contributed by atoms with Crippen LogP contribution in [0.3, 0.4) is 0 Å². The van der Waals surface area contributed by atoms with Crippen molar-refractivity contribution in [2.45, 2.75) is 23.7 Å². The Morgan fingerprint density at radius 1 is 0.425 bits per heavy atom. The van der Waals surface area contributed by atoms with Gasteiger partial charge in [-0.1, -0.05) is 151 Å². The van der Waals surface area contributed by atoms with E-state index >= 15 is 9.59 Å². The minimum atomic E-state index is -1.17. The number of hydrogen-bond donors (Lipinski definition) is 0. The number of fused-ring (bicyclic) bond motifs is 6. The van der Waals surface area contributed by atoms with Crippen LogP contribution in [0, 0.1) is 84.9 Å². The van der Waals surface area contributed by atoms with Gasteiger partial charge in [0.15, 0.2) is 0 Å². The van der Waals surface area contributed by atoms with Gasteiger partial charge in [-0.05, 0) is 113 Å². The van der Waals surface area contributed by atoms with Crippen LogP contribution in [-0.4, -0.2) is 51.3 Å². The number of ether oxygens (including phenoxy) is 4. The topological polar surface area (TPSA) is 77.5 Å². The van der Waals surface area contributed by atoms with Crippen molar-refractivity contribution >= 4 is 34.0 Å². The van der Waals surface area contributed by atoms with E-state index in [4.69, 9.17) is 44.6 Å². The van der Waals surface area contributed by atoms with E-state index in [1.165, 1.54) is 0 Å².